The van der Waals surface area contributed by atoms with Gasteiger partial charge >= 0.3 is 5.97 Å². The Kier molecular flexibility index (Phi) is 6.51. The fourth-order valence-corrected chi connectivity index (χ4v) is 2.55. The normalized spacial score (nSPS) is 10.9. The number of carboxylic acid groups (broad SMARTS) is 1. The maximum absolute atomic E-state index is 12.2. The topological polar surface area (TPSA) is 94.1 Å². The molecule has 1 amide bonds. The number of hydrogen-bond acceptors (Lipinski definition) is 5. The lowest BCUT2D eigenvalue weighted by atomic mass is 9.87. The Hall–Kier alpha value is -3.22. The first-order valence-corrected chi connectivity index (χ1v) is 8.68. The highest BCUT2D eigenvalue weighted by molar-refractivity contribution is 6.01. The summed E-state index contributed by atoms with van der Waals surface area (Å²) >= 11 is 0. The molecule has 2 aromatic rings. The van der Waals surface area contributed by atoms with Crippen LogP contribution in [0.2, 0.25) is 0 Å². The number of benzene rings is 2. The van der Waals surface area contributed by atoms with Gasteiger partial charge in [-0.05, 0) is 23.1 Å². The van der Waals surface area contributed by atoms with Gasteiger partial charge in [0.25, 0.3) is 5.91 Å². The van der Waals surface area contributed by atoms with Gasteiger partial charge in [0, 0.05) is 12.1 Å². The summed E-state index contributed by atoms with van der Waals surface area (Å²) in [5, 5.41) is 11.9. The molecule has 2 aromatic carbocycles. The number of carboxylic acids is 1. The SMILES string of the molecule is COc1cc(NC(=O)COc2ccc(C(C)(C)C)cc2)c(C(=O)O)cc1OC. The van der Waals surface area contributed by atoms with Gasteiger partial charge < -0.3 is 24.6 Å². The molecule has 28 heavy (non-hydrogen) atoms. The van der Waals surface area contributed by atoms with Crippen molar-refractivity contribution in [3.8, 4) is 17.2 Å². The molecule has 2 rings (SSSR count). The van der Waals surface area contributed by atoms with Gasteiger partial charge in [-0.2, -0.15) is 0 Å². The van der Waals surface area contributed by atoms with E-state index in [2.05, 4.69) is 26.1 Å². The van der Waals surface area contributed by atoms with E-state index in [1.54, 1.807) is 12.1 Å². The van der Waals surface area contributed by atoms with Gasteiger partial charge in [-0.15, -0.1) is 0 Å². The van der Waals surface area contributed by atoms with E-state index in [0.29, 0.717) is 11.5 Å². The first kappa shape index (κ1) is 21.1. The molecule has 0 heterocycles. The summed E-state index contributed by atoms with van der Waals surface area (Å²) in [4.78, 5) is 23.7. The Morgan fingerprint density at radius 1 is 1.00 bits per heavy atom. The lowest BCUT2D eigenvalue weighted by molar-refractivity contribution is -0.118. The molecule has 150 valence electrons. The number of carbonyl (C=O) groups excluding carboxylic acids is 1. The van der Waals surface area contributed by atoms with Crippen LogP contribution in [0.3, 0.4) is 0 Å². The average molecular weight is 387 g/mol. The van der Waals surface area contributed by atoms with E-state index in [-0.39, 0.29) is 29.0 Å². The highest BCUT2D eigenvalue weighted by atomic mass is 16.5. The number of anilines is 1. The van der Waals surface area contributed by atoms with Crippen LogP contribution in [0.25, 0.3) is 0 Å². The third-order valence-corrected chi connectivity index (χ3v) is 4.12. The summed E-state index contributed by atoms with van der Waals surface area (Å²) in [5.74, 6) is -0.576. The minimum atomic E-state index is -1.20. The Morgan fingerprint density at radius 2 is 1.57 bits per heavy atom. The van der Waals surface area contributed by atoms with E-state index in [9.17, 15) is 14.7 Å². The Labute approximate surface area is 164 Å². The molecule has 0 bridgehead atoms. The lowest BCUT2D eigenvalue weighted by Gasteiger charge is -2.19. The van der Waals surface area contributed by atoms with Crippen LogP contribution in [-0.2, 0) is 10.2 Å². The third-order valence-electron chi connectivity index (χ3n) is 4.12. The molecule has 0 radical (unpaired) electrons. The largest absolute Gasteiger partial charge is 0.493 e. The van der Waals surface area contributed by atoms with Crippen molar-refractivity contribution in [2.24, 2.45) is 0 Å². The second-order valence-electron chi connectivity index (χ2n) is 7.17. The Morgan fingerprint density at radius 3 is 2.07 bits per heavy atom. The standard InChI is InChI=1S/C21H25NO6/c1-21(2,3)13-6-8-14(9-7-13)28-12-19(23)22-16-11-18(27-5)17(26-4)10-15(16)20(24)25/h6-11H,12H2,1-5H3,(H,22,23)(H,24,25). The third kappa shape index (κ3) is 5.16. The van der Waals surface area contributed by atoms with Crippen LogP contribution in [-0.4, -0.2) is 37.8 Å². The van der Waals surface area contributed by atoms with Crippen LogP contribution in [0.15, 0.2) is 36.4 Å². The minimum Gasteiger partial charge on any atom is -0.493 e. The van der Waals surface area contributed by atoms with Gasteiger partial charge in [0.1, 0.15) is 5.75 Å². The van der Waals surface area contributed by atoms with Crippen LogP contribution in [0.1, 0.15) is 36.7 Å². The number of methoxy groups -OCH3 is 2. The zero-order valence-electron chi connectivity index (χ0n) is 16.7. The van der Waals surface area contributed by atoms with Gasteiger partial charge in [-0.3, -0.25) is 4.79 Å². The number of nitrogens with one attached hydrogen (secondary N) is 1. The molecule has 0 aliphatic heterocycles. The molecular formula is C21H25NO6. The van der Waals surface area contributed by atoms with Crippen molar-refractivity contribution in [1.29, 1.82) is 0 Å². The summed E-state index contributed by atoms with van der Waals surface area (Å²) in [6, 6.07) is 10.2. The van der Waals surface area contributed by atoms with Crippen molar-refractivity contribution in [2.45, 2.75) is 26.2 Å². The maximum Gasteiger partial charge on any atom is 0.337 e. The van der Waals surface area contributed by atoms with Gasteiger partial charge in [0.05, 0.1) is 25.5 Å². The molecule has 7 heteroatoms. The number of rotatable bonds is 7. The van der Waals surface area contributed by atoms with Crippen molar-refractivity contribution in [2.75, 3.05) is 26.1 Å². The lowest BCUT2D eigenvalue weighted by Crippen LogP contribution is -2.21. The monoisotopic (exact) mass is 387 g/mol. The molecule has 0 aromatic heterocycles. The molecule has 0 saturated carbocycles. The van der Waals surface area contributed by atoms with Gasteiger partial charge in [-0.25, -0.2) is 4.79 Å². The Bertz CT molecular complexity index is 852. The summed E-state index contributed by atoms with van der Waals surface area (Å²) in [5.41, 5.74) is 1.17. The molecule has 0 spiro atoms. The summed E-state index contributed by atoms with van der Waals surface area (Å²) in [6.07, 6.45) is 0. The second kappa shape index (κ2) is 8.65. The summed E-state index contributed by atoms with van der Waals surface area (Å²) < 4.78 is 15.8. The molecular weight excluding hydrogens is 362 g/mol. The van der Waals surface area contributed by atoms with Crippen LogP contribution < -0.4 is 19.5 Å². The zero-order chi connectivity index (χ0) is 20.9. The molecule has 7 nitrogen and oxygen atoms in total. The molecule has 0 unspecified atom stereocenters. The molecule has 0 aliphatic carbocycles. The molecule has 2 N–H and O–H groups in total. The van der Waals surface area contributed by atoms with Crippen LogP contribution in [0.4, 0.5) is 5.69 Å². The number of amides is 1. The number of carbonyl (C=O) groups is 2. The van der Waals surface area contributed by atoms with Gasteiger partial charge in [-0.1, -0.05) is 32.9 Å². The zero-order valence-corrected chi connectivity index (χ0v) is 16.7. The molecule has 0 saturated heterocycles. The highest BCUT2D eigenvalue weighted by Gasteiger charge is 2.18. The van der Waals surface area contributed by atoms with E-state index in [1.807, 2.05) is 12.1 Å². The average Bonchev–Trinajstić information content (AvgIpc) is 2.65. The maximum atomic E-state index is 12.2. The van der Waals surface area contributed by atoms with Crippen molar-refractivity contribution in [3.05, 3.63) is 47.5 Å². The van der Waals surface area contributed by atoms with E-state index in [4.69, 9.17) is 14.2 Å². The molecule has 0 aliphatic rings. The number of hydrogen-bond donors (Lipinski definition) is 2. The van der Waals surface area contributed by atoms with E-state index >= 15 is 0 Å². The predicted octanol–water partition coefficient (Wildman–Crippen LogP) is 3.72. The van der Waals surface area contributed by atoms with Gasteiger partial charge in [0.2, 0.25) is 0 Å². The van der Waals surface area contributed by atoms with Crippen LogP contribution >= 0.6 is 0 Å². The van der Waals surface area contributed by atoms with Crippen molar-refractivity contribution in [1.82, 2.24) is 0 Å². The fourth-order valence-electron chi connectivity index (χ4n) is 2.55. The van der Waals surface area contributed by atoms with E-state index in [0.717, 1.165) is 5.56 Å². The van der Waals surface area contributed by atoms with Crippen LogP contribution in [0.5, 0.6) is 17.2 Å². The fraction of sp³-hybridized carbons (Fsp3) is 0.333. The summed E-state index contributed by atoms with van der Waals surface area (Å²) in [7, 11) is 2.83. The summed E-state index contributed by atoms with van der Waals surface area (Å²) in [6.45, 7) is 6.07. The quantitative estimate of drug-likeness (QED) is 0.752. The predicted molar refractivity (Wildman–Crippen MR) is 106 cm³/mol. The van der Waals surface area contributed by atoms with Crippen molar-refractivity contribution < 1.29 is 28.9 Å². The van der Waals surface area contributed by atoms with Crippen LogP contribution in [0, 0.1) is 0 Å². The van der Waals surface area contributed by atoms with E-state index < -0.39 is 11.9 Å². The van der Waals surface area contributed by atoms with E-state index in [1.165, 1.54) is 26.4 Å². The molecule has 0 fully saturated rings. The smallest absolute Gasteiger partial charge is 0.337 e. The van der Waals surface area contributed by atoms with Crippen molar-refractivity contribution >= 4 is 17.6 Å². The highest BCUT2D eigenvalue weighted by Crippen LogP contribution is 2.33. The molecule has 0 atom stereocenters. The Balaban J connectivity index is 2.09. The first-order valence-electron chi connectivity index (χ1n) is 8.68. The first-order chi connectivity index (χ1) is 13.2. The van der Waals surface area contributed by atoms with Gasteiger partial charge in [0.15, 0.2) is 18.1 Å². The number of ether oxygens (including phenoxy) is 3. The second-order valence-corrected chi connectivity index (χ2v) is 7.17. The van der Waals surface area contributed by atoms with Crippen molar-refractivity contribution in [3.63, 3.8) is 0 Å². The minimum absolute atomic E-state index is 0.0244. The number of aromatic carboxylic acids is 1.